The van der Waals surface area contributed by atoms with Crippen LogP contribution in [0.15, 0.2) is 11.0 Å². The number of piperazine rings is 1. The Morgan fingerprint density at radius 1 is 1.29 bits per heavy atom. The van der Waals surface area contributed by atoms with Crippen molar-refractivity contribution in [3.63, 3.8) is 0 Å². The largest absolute Gasteiger partial charge is 0.465 e. The summed E-state index contributed by atoms with van der Waals surface area (Å²) >= 11 is 0. The third-order valence-corrected chi connectivity index (χ3v) is 6.31. The van der Waals surface area contributed by atoms with E-state index in [2.05, 4.69) is 24.6 Å². The molecule has 0 atom stereocenters. The fraction of sp³-hybridized carbons (Fsp3) is 0.667. The van der Waals surface area contributed by atoms with E-state index in [0.717, 1.165) is 12.3 Å². The number of anilines is 1. The Bertz CT molecular complexity index is 738. The van der Waals surface area contributed by atoms with Gasteiger partial charge in [-0.2, -0.15) is 0 Å². The Balaban J connectivity index is 2.15. The van der Waals surface area contributed by atoms with Crippen molar-refractivity contribution in [1.29, 1.82) is 0 Å². The third kappa shape index (κ3) is 6.45. The number of hydrogen-bond donors (Lipinski definition) is 1. The van der Waals surface area contributed by atoms with Crippen molar-refractivity contribution < 1.29 is 19.4 Å². The summed E-state index contributed by atoms with van der Waals surface area (Å²) in [5, 5.41) is 9.09. The van der Waals surface area contributed by atoms with Crippen LogP contribution in [0.2, 0.25) is 25.7 Å². The van der Waals surface area contributed by atoms with Crippen molar-refractivity contribution in [1.82, 2.24) is 14.5 Å². The topological polar surface area (TPSA) is 105 Å². The smallest absolute Gasteiger partial charge is 0.407 e. The molecule has 2 heterocycles. The normalized spacial score (nSPS) is 15.0. The number of carboxylic acid groups (broad SMARTS) is 1. The molecule has 2 rings (SSSR count). The molecule has 0 unspecified atom stereocenters. The standard InChI is InChI=1S/C18H30N4O5Si/c1-28(2,3)12-11-27-14-22-13-15(5-4-10-23)19-16(17(22)24)20-6-8-21(9-7-20)18(25)26/h10,13H,4-9,11-12,14H2,1-3H3,(H,25,26). The molecular weight excluding hydrogens is 380 g/mol. The van der Waals surface area contributed by atoms with Gasteiger partial charge in [0.1, 0.15) is 13.0 Å². The van der Waals surface area contributed by atoms with E-state index < -0.39 is 14.2 Å². The van der Waals surface area contributed by atoms with Crippen molar-refractivity contribution in [2.45, 2.75) is 45.3 Å². The number of ether oxygens (including phenoxy) is 1. The lowest BCUT2D eigenvalue weighted by Gasteiger charge is -2.33. The van der Waals surface area contributed by atoms with Crippen molar-refractivity contribution in [2.24, 2.45) is 0 Å². The van der Waals surface area contributed by atoms with E-state index in [1.165, 1.54) is 9.47 Å². The Labute approximate surface area is 165 Å². The average molecular weight is 411 g/mol. The second kappa shape index (κ2) is 9.83. The van der Waals surface area contributed by atoms with Crippen LogP contribution in [0.25, 0.3) is 0 Å². The van der Waals surface area contributed by atoms with Gasteiger partial charge in [0.2, 0.25) is 0 Å². The van der Waals surface area contributed by atoms with E-state index in [4.69, 9.17) is 9.84 Å². The van der Waals surface area contributed by atoms with E-state index in [-0.39, 0.29) is 12.3 Å². The molecule has 0 aromatic carbocycles. The molecule has 1 saturated heterocycles. The highest BCUT2D eigenvalue weighted by Crippen LogP contribution is 2.12. The van der Waals surface area contributed by atoms with E-state index in [9.17, 15) is 14.4 Å². The number of amides is 1. The molecule has 10 heteroatoms. The van der Waals surface area contributed by atoms with Gasteiger partial charge in [-0.1, -0.05) is 19.6 Å². The number of aldehydes is 1. The highest BCUT2D eigenvalue weighted by Gasteiger charge is 2.24. The summed E-state index contributed by atoms with van der Waals surface area (Å²) in [6.07, 6.45) is 2.29. The number of aryl methyl sites for hydroxylation is 1. The molecule has 1 aromatic rings. The van der Waals surface area contributed by atoms with Crippen molar-refractivity contribution in [3.05, 3.63) is 22.2 Å². The van der Waals surface area contributed by atoms with Gasteiger partial charge in [0.05, 0.1) is 5.69 Å². The highest BCUT2D eigenvalue weighted by molar-refractivity contribution is 6.76. The molecule has 0 saturated carbocycles. The minimum absolute atomic E-state index is 0.141. The first-order valence-corrected chi connectivity index (χ1v) is 13.3. The summed E-state index contributed by atoms with van der Waals surface area (Å²) in [6, 6.07) is 1.01. The molecule has 28 heavy (non-hydrogen) atoms. The van der Waals surface area contributed by atoms with E-state index in [1.807, 2.05) is 4.90 Å². The molecular formula is C18H30N4O5Si. The van der Waals surface area contributed by atoms with Gasteiger partial charge in [0.15, 0.2) is 5.82 Å². The summed E-state index contributed by atoms with van der Waals surface area (Å²) in [4.78, 5) is 42.3. The summed E-state index contributed by atoms with van der Waals surface area (Å²) in [6.45, 7) is 8.99. The molecule has 0 bridgehead atoms. The van der Waals surface area contributed by atoms with Crippen molar-refractivity contribution in [2.75, 3.05) is 37.7 Å². The fourth-order valence-electron chi connectivity index (χ4n) is 2.86. The van der Waals surface area contributed by atoms with Crippen LogP contribution in [-0.2, 0) is 22.7 Å². The first kappa shape index (κ1) is 22.1. The monoisotopic (exact) mass is 410 g/mol. The van der Waals surface area contributed by atoms with Crippen LogP contribution in [0.1, 0.15) is 12.1 Å². The Hall–Kier alpha value is -2.20. The van der Waals surface area contributed by atoms with Gasteiger partial charge in [-0.3, -0.25) is 9.36 Å². The van der Waals surface area contributed by atoms with Crippen LogP contribution < -0.4 is 10.5 Å². The lowest BCUT2D eigenvalue weighted by Crippen LogP contribution is -2.50. The minimum atomic E-state index is -1.22. The number of aromatic nitrogens is 2. The second-order valence-electron chi connectivity index (χ2n) is 8.14. The third-order valence-electron chi connectivity index (χ3n) is 4.60. The zero-order chi connectivity index (χ0) is 20.7. The first-order valence-electron chi connectivity index (χ1n) is 9.56. The van der Waals surface area contributed by atoms with Gasteiger partial charge in [-0.25, -0.2) is 9.78 Å². The van der Waals surface area contributed by atoms with Crippen LogP contribution >= 0.6 is 0 Å². The fourth-order valence-corrected chi connectivity index (χ4v) is 3.62. The first-order chi connectivity index (χ1) is 13.2. The molecule has 0 radical (unpaired) electrons. The summed E-state index contributed by atoms with van der Waals surface area (Å²) in [5.74, 6) is 0.294. The van der Waals surface area contributed by atoms with Crippen molar-refractivity contribution in [3.8, 4) is 0 Å². The molecule has 1 aliphatic rings. The lowest BCUT2D eigenvalue weighted by molar-refractivity contribution is -0.107. The van der Waals surface area contributed by atoms with Crippen LogP contribution in [-0.4, -0.2) is 72.8 Å². The van der Waals surface area contributed by atoms with Gasteiger partial charge in [0, 0.05) is 53.5 Å². The molecule has 0 spiro atoms. The summed E-state index contributed by atoms with van der Waals surface area (Å²) < 4.78 is 7.22. The van der Waals surface area contributed by atoms with Gasteiger partial charge in [-0.05, 0) is 12.5 Å². The Kier molecular flexibility index (Phi) is 7.75. The minimum Gasteiger partial charge on any atom is -0.465 e. The molecule has 1 aliphatic heterocycles. The van der Waals surface area contributed by atoms with Crippen LogP contribution in [0.5, 0.6) is 0 Å². The quantitative estimate of drug-likeness (QED) is 0.373. The van der Waals surface area contributed by atoms with E-state index in [0.29, 0.717) is 57.1 Å². The predicted octanol–water partition coefficient (Wildman–Crippen LogP) is 1.49. The molecule has 1 fully saturated rings. The Morgan fingerprint density at radius 2 is 1.96 bits per heavy atom. The maximum atomic E-state index is 12.9. The van der Waals surface area contributed by atoms with Crippen LogP contribution in [0, 0.1) is 0 Å². The van der Waals surface area contributed by atoms with Gasteiger partial charge in [-0.15, -0.1) is 0 Å². The maximum Gasteiger partial charge on any atom is 0.407 e. The van der Waals surface area contributed by atoms with Crippen molar-refractivity contribution >= 4 is 26.3 Å². The SMILES string of the molecule is C[Si](C)(C)CCOCn1cc(CCC=O)nc(N2CCN(C(=O)O)CC2)c1=O. The molecule has 1 aromatic heterocycles. The molecule has 0 aliphatic carbocycles. The Morgan fingerprint density at radius 3 is 2.54 bits per heavy atom. The van der Waals surface area contributed by atoms with Gasteiger partial charge >= 0.3 is 6.09 Å². The molecule has 1 N–H and O–H groups in total. The highest BCUT2D eigenvalue weighted by atomic mass is 28.3. The van der Waals surface area contributed by atoms with Gasteiger partial charge in [0.25, 0.3) is 5.56 Å². The predicted molar refractivity (Wildman–Crippen MR) is 109 cm³/mol. The zero-order valence-corrected chi connectivity index (χ0v) is 17.9. The van der Waals surface area contributed by atoms with Crippen LogP contribution in [0.4, 0.5) is 10.6 Å². The summed E-state index contributed by atoms with van der Waals surface area (Å²) in [5.41, 5.74) is 0.391. The maximum absolute atomic E-state index is 12.9. The number of hydrogen-bond acceptors (Lipinski definition) is 6. The molecule has 1 amide bonds. The zero-order valence-electron chi connectivity index (χ0n) is 16.9. The molecule has 9 nitrogen and oxygen atoms in total. The summed E-state index contributed by atoms with van der Waals surface area (Å²) in [7, 11) is -1.22. The number of rotatable bonds is 9. The number of nitrogens with zero attached hydrogens (tertiary/aromatic N) is 4. The second-order valence-corrected chi connectivity index (χ2v) is 13.8. The number of carbonyl (C=O) groups excluding carboxylic acids is 1. The molecule has 156 valence electrons. The van der Waals surface area contributed by atoms with E-state index in [1.54, 1.807) is 6.20 Å². The average Bonchev–Trinajstić information content (AvgIpc) is 2.64. The van der Waals surface area contributed by atoms with Crippen LogP contribution in [0.3, 0.4) is 0 Å². The number of carbonyl (C=O) groups is 2. The van der Waals surface area contributed by atoms with Gasteiger partial charge < -0.3 is 24.4 Å². The van der Waals surface area contributed by atoms with E-state index >= 15 is 0 Å². The lowest BCUT2D eigenvalue weighted by atomic mass is 10.2.